The number of ether oxygens (including phenoxy) is 2. The van der Waals surface area contributed by atoms with Crippen LogP contribution in [0.4, 0.5) is 0 Å². The SMILES string of the molecule is COc1ccc(/C=N/NC(=O)CSc2nnc(-c3ccccc3)n2-c2ccc(Cl)cc2)cc1OC. The Bertz CT molecular complexity index is 1330. The minimum atomic E-state index is -0.279. The van der Waals surface area contributed by atoms with E-state index < -0.39 is 0 Å². The van der Waals surface area contributed by atoms with Crippen LogP contribution in [0, 0.1) is 0 Å². The van der Waals surface area contributed by atoms with Gasteiger partial charge in [-0.15, -0.1) is 10.2 Å². The van der Waals surface area contributed by atoms with Crippen LogP contribution >= 0.6 is 23.4 Å². The number of nitrogens with zero attached hydrogens (tertiary/aromatic N) is 4. The van der Waals surface area contributed by atoms with E-state index in [0.29, 0.717) is 27.5 Å². The first-order valence-electron chi connectivity index (χ1n) is 10.5. The van der Waals surface area contributed by atoms with Crippen molar-refractivity contribution in [3.05, 3.63) is 83.4 Å². The standard InChI is InChI=1S/C25H22ClN5O3S/c1-33-21-13-8-17(14-22(21)34-2)15-27-28-23(32)16-35-25-30-29-24(18-6-4-3-5-7-18)31(25)20-11-9-19(26)10-12-20/h3-15H,16H2,1-2H3,(H,28,32)/b27-15+. The van der Waals surface area contributed by atoms with Gasteiger partial charge in [0.25, 0.3) is 5.91 Å². The van der Waals surface area contributed by atoms with Crippen LogP contribution in [-0.4, -0.2) is 46.9 Å². The summed E-state index contributed by atoms with van der Waals surface area (Å²) in [6.07, 6.45) is 1.54. The number of hydrazone groups is 1. The molecule has 0 aliphatic rings. The van der Waals surface area contributed by atoms with E-state index in [1.807, 2.05) is 53.1 Å². The van der Waals surface area contributed by atoms with Crippen molar-refractivity contribution in [1.82, 2.24) is 20.2 Å². The molecule has 0 spiro atoms. The molecular weight excluding hydrogens is 486 g/mol. The number of halogens is 1. The van der Waals surface area contributed by atoms with E-state index in [4.69, 9.17) is 21.1 Å². The maximum atomic E-state index is 12.4. The molecule has 1 N–H and O–H groups in total. The van der Waals surface area contributed by atoms with Gasteiger partial charge in [0, 0.05) is 16.3 Å². The fourth-order valence-corrected chi connectivity index (χ4v) is 4.11. The van der Waals surface area contributed by atoms with Gasteiger partial charge in [0.2, 0.25) is 0 Å². The van der Waals surface area contributed by atoms with Crippen LogP contribution in [0.25, 0.3) is 17.1 Å². The Balaban J connectivity index is 1.46. The van der Waals surface area contributed by atoms with Crippen LogP contribution in [0.3, 0.4) is 0 Å². The van der Waals surface area contributed by atoms with Gasteiger partial charge in [-0.1, -0.05) is 53.7 Å². The number of hydrogen-bond acceptors (Lipinski definition) is 7. The number of carbonyl (C=O) groups excluding carboxylic acids is 1. The second kappa shape index (κ2) is 11.5. The zero-order valence-electron chi connectivity index (χ0n) is 19.0. The van der Waals surface area contributed by atoms with Gasteiger partial charge < -0.3 is 9.47 Å². The minimum absolute atomic E-state index is 0.101. The van der Waals surface area contributed by atoms with E-state index in [-0.39, 0.29) is 11.7 Å². The predicted molar refractivity (Wildman–Crippen MR) is 138 cm³/mol. The Hall–Kier alpha value is -3.82. The Morgan fingerprint density at radius 2 is 1.77 bits per heavy atom. The summed E-state index contributed by atoms with van der Waals surface area (Å²) in [7, 11) is 3.13. The molecule has 0 aliphatic carbocycles. The number of carbonyl (C=O) groups is 1. The van der Waals surface area contributed by atoms with Gasteiger partial charge in [-0.25, -0.2) is 5.43 Å². The molecule has 1 heterocycles. The van der Waals surface area contributed by atoms with Crippen molar-refractivity contribution in [2.45, 2.75) is 5.16 Å². The number of aromatic nitrogens is 3. The fraction of sp³-hybridized carbons (Fsp3) is 0.120. The van der Waals surface area contributed by atoms with E-state index in [9.17, 15) is 4.79 Å². The van der Waals surface area contributed by atoms with Gasteiger partial charge >= 0.3 is 0 Å². The average molecular weight is 508 g/mol. The van der Waals surface area contributed by atoms with Crippen LogP contribution in [0.5, 0.6) is 11.5 Å². The molecule has 3 aromatic carbocycles. The summed E-state index contributed by atoms with van der Waals surface area (Å²) in [6.45, 7) is 0. The van der Waals surface area contributed by atoms with Crippen molar-refractivity contribution in [2.75, 3.05) is 20.0 Å². The van der Waals surface area contributed by atoms with Crippen molar-refractivity contribution in [3.63, 3.8) is 0 Å². The topological polar surface area (TPSA) is 90.6 Å². The molecule has 10 heteroatoms. The van der Waals surface area contributed by atoms with Crippen LogP contribution in [0.2, 0.25) is 5.02 Å². The fourth-order valence-electron chi connectivity index (χ4n) is 3.23. The molecule has 1 amide bonds. The number of thioether (sulfide) groups is 1. The van der Waals surface area contributed by atoms with Crippen LogP contribution in [-0.2, 0) is 4.79 Å². The third kappa shape index (κ3) is 6.00. The molecule has 0 radical (unpaired) electrons. The Labute approximate surface area is 211 Å². The molecule has 0 saturated heterocycles. The third-order valence-electron chi connectivity index (χ3n) is 4.89. The molecule has 4 rings (SSSR count). The summed E-state index contributed by atoms with van der Waals surface area (Å²) in [6, 6.07) is 22.5. The highest BCUT2D eigenvalue weighted by atomic mass is 35.5. The maximum absolute atomic E-state index is 12.4. The number of benzene rings is 3. The zero-order chi connectivity index (χ0) is 24.6. The van der Waals surface area contributed by atoms with Crippen molar-refractivity contribution in [3.8, 4) is 28.6 Å². The number of rotatable bonds is 9. The summed E-state index contributed by atoms with van der Waals surface area (Å²) < 4.78 is 12.4. The number of hydrogen-bond donors (Lipinski definition) is 1. The quantitative estimate of drug-likeness (QED) is 0.198. The molecule has 0 fully saturated rings. The van der Waals surface area contributed by atoms with Crippen molar-refractivity contribution < 1.29 is 14.3 Å². The van der Waals surface area contributed by atoms with E-state index in [1.165, 1.54) is 18.0 Å². The highest BCUT2D eigenvalue weighted by Crippen LogP contribution is 2.29. The predicted octanol–water partition coefficient (Wildman–Crippen LogP) is 4.85. The summed E-state index contributed by atoms with van der Waals surface area (Å²) in [4.78, 5) is 12.4. The Morgan fingerprint density at radius 3 is 2.49 bits per heavy atom. The van der Waals surface area contributed by atoms with E-state index >= 15 is 0 Å². The Morgan fingerprint density at radius 1 is 1.03 bits per heavy atom. The molecule has 0 saturated carbocycles. The minimum Gasteiger partial charge on any atom is -0.493 e. The summed E-state index contributed by atoms with van der Waals surface area (Å²) in [5.41, 5.74) is 5.04. The first-order valence-corrected chi connectivity index (χ1v) is 11.9. The number of nitrogens with one attached hydrogen (secondary N) is 1. The Kier molecular flexibility index (Phi) is 8.02. The molecule has 8 nitrogen and oxygen atoms in total. The smallest absolute Gasteiger partial charge is 0.250 e. The monoisotopic (exact) mass is 507 g/mol. The lowest BCUT2D eigenvalue weighted by molar-refractivity contribution is -0.118. The van der Waals surface area contributed by atoms with Crippen LogP contribution in [0.15, 0.2) is 83.1 Å². The van der Waals surface area contributed by atoms with Gasteiger partial charge in [0.1, 0.15) is 0 Å². The summed E-state index contributed by atoms with van der Waals surface area (Å²) in [5, 5.41) is 13.9. The highest BCUT2D eigenvalue weighted by Gasteiger charge is 2.17. The molecule has 1 aromatic heterocycles. The summed E-state index contributed by atoms with van der Waals surface area (Å²) in [5.74, 6) is 1.68. The lowest BCUT2D eigenvalue weighted by atomic mass is 10.2. The molecule has 0 unspecified atom stereocenters. The first-order chi connectivity index (χ1) is 17.1. The molecule has 0 aliphatic heterocycles. The van der Waals surface area contributed by atoms with Crippen molar-refractivity contribution >= 4 is 35.5 Å². The van der Waals surface area contributed by atoms with Gasteiger partial charge in [0.05, 0.1) is 26.2 Å². The average Bonchev–Trinajstić information content (AvgIpc) is 3.32. The van der Waals surface area contributed by atoms with Crippen LogP contribution < -0.4 is 14.9 Å². The van der Waals surface area contributed by atoms with Crippen LogP contribution in [0.1, 0.15) is 5.56 Å². The third-order valence-corrected chi connectivity index (χ3v) is 6.07. The lowest BCUT2D eigenvalue weighted by Gasteiger charge is -2.10. The molecule has 35 heavy (non-hydrogen) atoms. The number of methoxy groups -OCH3 is 2. The van der Waals surface area contributed by atoms with E-state index in [1.54, 1.807) is 38.5 Å². The van der Waals surface area contributed by atoms with Crippen molar-refractivity contribution in [2.24, 2.45) is 5.10 Å². The normalized spacial score (nSPS) is 10.9. The number of amides is 1. The van der Waals surface area contributed by atoms with E-state index in [0.717, 1.165) is 16.8 Å². The lowest BCUT2D eigenvalue weighted by Crippen LogP contribution is -2.20. The first kappa shape index (κ1) is 24.3. The van der Waals surface area contributed by atoms with Gasteiger partial charge in [0.15, 0.2) is 22.5 Å². The van der Waals surface area contributed by atoms with Gasteiger partial charge in [-0.05, 0) is 48.0 Å². The van der Waals surface area contributed by atoms with E-state index in [2.05, 4.69) is 20.7 Å². The molecule has 4 aromatic rings. The summed E-state index contributed by atoms with van der Waals surface area (Å²) >= 11 is 7.33. The largest absolute Gasteiger partial charge is 0.493 e. The van der Waals surface area contributed by atoms with Gasteiger partial charge in [-0.2, -0.15) is 5.10 Å². The molecule has 178 valence electrons. The maximum Gasteiger partial charge on any atom is 0.250 e. The van der Waals surface area contributed by atoms with Gasteiger partial charge in [-0.3, -0.25) is 9.36 Å². The second-order valence-corrected chi connectivity index (χ2v) is 8.56. The molecular formula is C25H22ClN5O3S. The molecule has 0 atom stereocenters. The second-order valence-electron chi connectivity index (χ2n) is 7.18. The highest BCUT2D eigenvalue weighted by molar-refractivity contribution is 7.99. The van der Waals surface area contributed by atoms with Crippen molar-refractivity contribution in [1.29, 1.82) is 0 Å². The molecule has 0 bridgehead atoms. The zero-order valence-corrected chi connectivity index (χ0v) is 20.6.